The van der Waals surface area contributed by atoms with Gasteiger partial charge < -0.3 is 20.1 Å². The number of aliphatic carboxylic acids is 1. The number of fused-ring (bicyclic) bond motifs is 1. The number of nitrogens with one attached hydrogen (secondary N) is 1. The monoisotopic (exact) mass is 652 g/mol. The zero-order valence-corrected chi connectivity index (χ0v) is 26.3. The molecule has 1 amide bonds. The average molecular weight is 653 g/mol. The Morgan fingerprint density at radius 2 is 1.73 bits per heavy atom. The van der Waals surface area contributed by atoms with Crippen LogP contribution in [-0.2, 0) is 27.3 Å². The molecule has 3 aliphatic rings. The van der Waals surface area contributed by atoms with E-state index in [4.69, 9.17) is 19.6 Å². The Kier molecular flexibility index (Phi) is 13.3. The molecule has 2 heterocycles. The Balaban J connectivity index is 0.000000591. The summed E-state index contributed by atoms with van der Waals surface area (Å²) in [6.45, 7) is 2.93. The second-order valence-electron chi connectivity index (χ2n) is 11.7. The van der Waals surface area contributed by atoms with E-state index in [0.717, 1.165) is 49.0 Å². The highest BCUT2D eigenvalue weighted by atomic mass is 32.2. The van der Waals surface area contributed by atoms with Crippen LogP contribution in [0.3, 0.4) is 0 Å². The summed E-state index contributed by atoms with van der Waals surface area (Å²) in [5, 5.41) is 11.8. The quantitative estimate of drug-likeness (QED) is 0.228. The standard InChI is InChI=1S/C30H42N4O3S.C2HF3O2/c35-28(21-31-18-8-3-9-20-37-24-13-6-2-7-14-24)33-19-17-27-26(22-33)29(36)34(23-11-4-1-5-12-23)30(32-27)38-25-15-10-16-25;3-2(4,5)1(6)7/h1,4-5,11-12,24-25,31H,2-3,6-10,13-22H2;(H,6,7). The zero-order chi connectivity index (χ0) is 32.2. The maximum absolute atomic E-state index is 13.7. The molecular formula is C32H43F3N4O5S. The van der Waals surface area contributed by atoms with Gasteiger partial charge in [0.05, 0.1) is 36.1 Å². The van der Waals surface area contributed by atoms with Crippen LogP contribution in [0.2, 0.25) is 0 Å². The molecule has 0 spiro atoms. The van der Waals surface area contributed by atoms with Gasteiger partial charge in [0.25, 0.3) is 5.56 Å². The van der Waals surface area contributed by atoms with Crippen molar-refractivity contribution in [3.63, 3.8) is 0 Å². The molecule has 13 heteroatoms. The molecule has 1 aromatic carbocycles. The van der Waals surface area contributed by atoms with Gasteiger partial charge in [-0.15, -0.1) is 0 Å². The van der Waals surface area contributed by atoms with Crippen molar-refractivity contribution < 1.29 is 32.6 Å². The number of thioether (sulfide) groups is 1. The predicted octanol–water partition coefficient (Wildman–Crippen LogP) is 5.50. The van der Waals surface area contributed by atoms with Crippen LogP contribution in [0.1, 0.15) is 81.9 Å². The van der Waals surface area contributed by atoms with E-state index in [1.807, 2.05) is 35.2 Å². The van der Waals surface area contributed by atoms with Crippen molar-refractivity contribution >= 4 is 23.6 Å². The second kappa shape index (κ2) is 17.1. The normalized spacial score (nSPS) is 17.2. The highest BCUT2D eigenvalue weighted by Gasteiger charge is 2.38. The minimum absolute atomic E-state index is 0.0380. The van der Waals surface area contributed by atoms with Gasteiger partial charge in [-0.2, -0.15) is 13.2 Å². The number of ether oxygens (including phenoxy) is 1. The summed E-state index contributed by atoms with van der Waals surface area (Å²) >= 11 is 1.73. The first-order valence-corrected chi connectivity index (χ1v) is 16.8. The number of carboxylic acid groups (broad SMARTS) is 1. The number of benzene rings is 1. The number of halogens is 3. The molecule has 5 rings (SSSR count). The molecule has 2 N–H and O–H groups in total. The number of carbonyl (C=O) groups excluding carboxylic acids is 1. The number of carbonyl (C=O) groups is 2. The van der Waals surface area contributed by atoms with Gasteiger partial charge in [0.2, 0.25) is 5.91 Å². The van der Waals surface area contributed by atoms with E-state index in [-0.39, 0.29) is 11.5 Å². The molecule has 2 saturated carbocycles. The van der Waals surface area contributed by atoms with Crippen molar-refractivity contribution in [2.45, 2.75) is 106 Å². The van der Waals surface area contributed by atoms with Crippen molar-refractivity contribution in [1.29, 1.82) is 0 Å². The lowest BCUT2D eigenvalue weighted by Crippen LogP contribution is -2.44. The van der Waals surface area contributed by atoms with Crippen LogP contribution < -0.4 is 10.9 Å². The highest BCUT2D eigenvalue weighted by Crippen LogP contribution is 2.36. The first kappa shape index (κ1) is 35.0. The molecule has 1 aromatic heterocycles. The number of amides is 1. The number of hydrogen-bond acceptors (Lipinski definition) is 7. The summed E-state index contributed by atoms with van der Waals surface area (Å²) in [5.74, 6) is -2.71. The van der Waals surface area contributed by atoms with Gasteiger partial charge >= 0.3 is 12.1 Å². The molecule has 248 valence electrons. The summed E-state index contributed by atoms with van der Waals surface area (Å²) in [6, 6.07) is 9.77. The molecule has 0 bridgehead atoms. The molecule has 0 atom stereocenters. The predicted molar refractivity (Wildman–Crippen MR) is 166 cm³/mol. The largest absolute Gasteiger partial charge is 0.490 e. The Morgan fingerprint density at radius 1 is 1.02 bits per heavy atom. The van der Waals surface area contributed by atoms with Gasteiger partial charge in [0, 0.05) is 24.8 Å². The highest BCUT2D eigenvalue weighted by molar-refractivity contribution is 7.99. The van der Waals surface area contributed by atoms with Gasteiger partial charge in [0.15, 0.2) is 5.16 Å². The molecule has 9 nitrogen and oxygen atoms in total. The summed E-state index contributed by atoms with van der Waals surface area (Å²) in [4.78, 5) is 42.4. The molecule has 45 heavy (non-hydrogen) atoms. The minimum Gasteiger partial charge on any atom is -0.475 e. The fourth-order valence-corrected chi connectivity index (χ4v) is 6.83. The summed E-state index contributed by atoms with van der Waals surface area (Å²) in [7, 11) is 0. The zero-order valence-electron chi connectivity index (χ0n) is 25.5. The number of alkyl halides is 3. The van der Waals surface area contributed by atoms with Crippen LogP contribution in [0.15, 0.2) is 40.3 Å². The number of hydrogen-bond donors (Lipinski definition) is 2. The third-order valence-corrected chi connectivity index (χ3v) is 9.60. The number of para-hydroxylation sites is 1. The van der Waals surface area contributed by atoms with Gasteiger partial charge in [-0.25, -0.2) is 9.78 Å². The summed E-state index contributed by atoms with van der Waals surface area (Å²) in [6.07, 6.45) is 9.28. The molecule has 2 aromatic rings. The number of rotatable bonds is 12. The van der Waals surface area contributed by atoms with Crippen LogP contribution in [0.5, 0.6) is 0 Å². The Labute approximate surface area is 265 Å². The lowest BCUT2D eigenvalue weighted by molar-refractivity contribution is -0.192. The number of nitrogens with zero attached hydrogens (tertiary/aromatic N) is 3. The third kappa shape index (κ3) is 10.6. The Bertz CT molecular complexity index is 1310. The molecule has 0 saturated heterocycles. The van der Waals surface area contributed by atoms with E-state index >= 15 is 0 Å². The average Bonchev–Trinajstić information content (AvgIpc) is 3.01. The maximum atomic E-state index is 13.7. The Hall–Kier alpha value is -2.90. The van der Waals surface area contributed by atoms with E-state index in [9.17, 15) is 22.8 Å². The first-order chi connectivity index (χ1) is 21.6. The smallest absolute Gasteiger partial charge is 0.475 e. The molecule has 0 unspecified atom stereocenters. The summed E-state index contributed by atoms with van der Waals surface area (Å²) < 4.78 is 39.5. The number of carboxylic acids is 1. The van der Waals surface area contributed by atoms with Gasteiger partial charge in [-0.3, -0.25) is 14.2 Å². The minimum atomic E-state index is -5.08. The lowest BCUT2D eigenvalue weighted by Gasteiger charge is -2.30. The van der Waals surface area contributed by atoms with Crippen molar-refractivity contribution in [2.24, 2.45) is 0 Å². The maximum Gasteiger partial charge on any atom is 0.490 e. The number of aromatic nitrogens is 2. The van der Waals surface area contributed by atoms with Crippen molar-refractivity contribution in [3.05, 3.63) is 51.9 Å². The number of unbranched alkanes of at least 4 members (excludes halogenated alkanes) is 2. The van der Waals surface area contributed by atoms with E-state index in [1.54, 1.807) is 16.3 Å². The van der Waals surface area contributed by atoms with E-state index in [2.05, 4.69) is 5.32 Å². The SMILES string of the molecule is O=C(CNCCCCCOC1CCCCC1)N1CCc2nc(SC3CCC3)n(-c3ccccc3)c(=O)c2C1.O=C(O)C(F)(F)F. The van der Waals surface area contributed by atoms with E-state index < -0.39 is 12.1 Å². The third-order valence-electron chi connectivity index (χ3n) is 8.31. The molecule has 2 aliphatic carbocycles. The molecule has 0 radical (unpaired) electrons. The van der Waals surface area contributed by atoms with Crippen LogP contribution in [0.4, 0.5) is 13.2 Å². The van der Waals surface area contributed by atoms with E-state index in [0.29, 0.717) is 43.0 Å². The van der Waals surface area contributed by atoms with Crippen LogP contribution >= 0.6 is 11.8 Å². The second-order valence-corrected chi connectivity index (χ2v) is 13.0. The fourth-order valence-electron chi connectivity index (χ4n) is 5.51. The lowest BCUT2D eigenvalue weighted by atomic mass is 9.98. The van der Waals surface area contributed by atoms with Crippen LogP contribution in [-0.4, -0.2) is 75.2 Å². The van der Waals surface area contributed by atoms with Crippen LogP contribution in [0, 0.1) is 0 Å². The molecular weight excluding hydrogens is 609 g/mol. The Morgan fingerprint density at radius 3 is 2.38 bits per heavy atom. The van der Waals surface area contributed by atoms with Gasteiger partial charge in [-0.05, 0) is 63.6 Å². The van der Waals surface area contributed by atoms with Crippen molar-refractivity contribution in [1.82, 2.24) is 19.8 Å². The fraction of sp³-hybridized carbons (Fsp3) is 0.625. The molecule has 1 aliphatic heterocycles. The van der Waals surface area contributed by atoms with Crippen LogP contribution in [0.25, 0.3) is 5.69 Å². The van der Waals surface area contributed by atoms with Gasteiger partial charge in [-0.1, -0.05) is 55.6 Å². The van der Waals surface area contributed by atoms with Crippen molar-refractivity contribution in [2.75, 3.05) is 26.2 Å². The first-order valence-electron chi connectivity index (χ1n) is 15.9. The summed E-state index contributed by atoms with van der Waals surface area (Å²) in [5.41, 5.74) is 2.31. The van der Waals surface area contributed by atoms with Gasteiger partial charge in [0.1, 0.15) is 0 Å². The topological polar surface area (TPSA) is 114 Å². The molecule has 2 fully saturated rings. The van der Waals surface area contributed by atoms with Crippen molar-refractivity contribution in [3.8, 4) is 5.69 Å². The van der Waals surface area contributed by atoms with E-state index in [1.165, 1.54) is 51.4 Å².